The number of methoxy groups -OCH3 is 1. The normalized spacial score (nSPS) is 24.0. The van der Waals surface area contributed by atoms with E-state index >= 15 is 0 Å². The van der Waals surface area contributed by atoms with Crippen molar-refractivity contribution in [3.05, 3.63) is 0 Å². The molecule has 1 unspecified atom stereocenters. The molecule has 1 heterocycles. The van der Waals surface area contributed by atoms with Crippen molar-refractivity contribution in [2.24, 2.45) is 11.1 Å². The van der Waals surface area contributed by atoms with E-state index in [1.165, 1.54) is 25.9 Å². The maximum atomic E-state index is 5.80. The number of hydrogen-bond donors (Lipinski definition) is 1. The van der Waals surface area contributed by atoms with Crippen molar-refractivity contribution in [1.29, 1.82) is 0 Å². The fourth-order valence-electron chi connectivity index (χ4n) is 2.18. The first-order chi connectivity index (χ1) is 7.11. The maximum Gasteiger partial charge on any atom is 0.0477 e. The van der Waals surface area contributed by atoms with E-state index in [-0.39, 0.29) is 0 Å². The minimum Gasteiger partial charge on any atom is -0.385 e. The summed E-state index contributed by atoms with van der Waals surface area (Å²) >= 11 is 0. The van der Waals surface area contributed by atoms with Gasteiger partial charge in [0.05, 0.1) is 0 Å². The molecule has 0 spiro atoms. The van der Waals surface area contributed by atoms with Crippen molar-refractivity contribution in [2.75, 3.05) is 33.4 Å². The second-order valence-corrected chi connectivity index (χ2v) is 5.18. The summed E-state index contributed by atoms with van der Waals surface area (Å²) in [6.45, 7) is 8.69. The number of rotatable bonds is 5. The van der Waals surface area contributed by atoms with E-state index in [1.807, 2.05) is 0 Å². The van der Waals surface area contributed by atoms with Gasteiger partial charge in [-0.3, -0.25) is 0 Å². The van der Waals surface area contributed by atoms with Gasteiger partial charge in [0.1, 0.15) is 0 Å². The lowest BCUT2D eigenvalue weighted by molar-refractivity contribution is 0.0761. The number of piperidine rings is 1. The van der Waals surface area contributed by atoms with Crippen molar-refractivity contribution in [3.8, 4) is 0 Å². The maximum absolute atomic E-state index is 5.80. The molecule has 1 aliphatic heterocycles. The molecular weight excluding hydrogens is 188 g/mol. The molecule has 0 aromatic rings. The van der Waals surface area contributed by atoms with Crippen LogP contribution >= 0.6 is 0 Å². The Labute approximate surface area is 94.0 Å². The van der Waals surface area contributed by atoms with E-state index in [2.05, 4.69) is 18.7 Å². The fraction of sp³-hybridized carbons (Fsp3) is 1.00. The molecule has 0 bridgehead atoms. The van der Waals surface area contributed by atoms with Gasteiger partial charge in [0, 0.05) is 19.8 Å². The zero-order valence-corrected chi connectivity index (χ0v) is 10.5. The van der Waals surface area contributed by atoms with Gasteiger partial charge in [0.15, 0.2) is 0 Å². The van der Waals surface area contributed by atoms with Crippen LogP contribution in [0, 0.1) is 5.41 Å². The van der Waals surface area contributed by atoms with Gasteiger partial charge in [-0.1, -0.05) is 6.92 Å². The number of likely N-dealkylation sites (tertiary alicyclic amines) is 1. The van der Waals surface area contributed by atoms with Crippen LogP contribution in [0.2, 0.25) is 0 Å². The van der Waals surface area contributed by atoms with E-state index in [4.69, 9.17) is 10.5 Å². The van der Waals surface area contributed by atoms with E-state index < -0.39 is 0 Å². The standard InChI is InChI=1S/C12H26N2O/c1-11(4-9-15-3)14-7-5-12(2,10-13)6-8-14/h11H,4-10,13H2,1-3H3. The van der Waals surface area contributed by atoms with E-state index in [1.54, 1.807) is 7.11 Å². The number of hydrogen-bond acceptors (Lipinski definition) is 3. The quantitative estimate of drug-likeness (QED) is 0.753. The summed E-state index contributed by atoms with van der Waals surface area (Å²) in [5.41, 5.74) is 6.19. The first kappa shape index (κ1) is 12.9. The molecule has 0 aromatic carbocycles. The third kappa shape index (κ3) is 3.74. The zero-order valence-electron chi connectivity index (χ0n) is 10.5. The molecule has 1 saturated heterocycles. The molecule has 1 fully saturated rings. The second-order valence-electron chi connectivity index (χ2n) is 5.18. The van der Waals surface area contributed by atoms with Crippen LogP contribution in [0.15, 0.2) is 0 Å². The topological polar surface area (TPSA) is 38.5 Å². The van der Waals surface area contributed by atoms with Crippen LogP contribution in [0.25, 0.3) is 0 Å². The lowest BCUT2D eigenvalue weighted by Crippen LogP contribution is -2.45. The van der Waals surface area contributed by atoms with Gasteiger partial charge in [-0.2, -0.15) is 0 Å². The highest BCUT2D eigenvalue weighted by atomic mass is 16.5. The Balaban J connectivity index is 2.30. The average Bonchev–Trinajstić information content (AvgIpc) is 2.27. The van der Waals surface area contributed by atoms with Crippen molar-refractivity contribution in [2.45, 2.75) is 39.2 Å². The van der Waals surface area contributed by atoms with Crippen LogP contribution in [-0.4, -0.2) is 44.3 Å². The van der Waals surface area contributed by atoms with E-state index in [9.17, 15) is 0 Å². The Morgan fingerprint density at radius 2 is 2.00 bits per heavy atom. The molecule has 0 amide bonds. The zero-order chi connectivity index (χ0) is 11.3. The first-order valence-electron chi connectivity index (χ1n) is 6.04. The highest BCUT2D eigenvalue weighted by Gasteiger charge is 2.30. The molecule has 0 saturated carbocycles. The SMILES string of the molecule is COCCC(C)N1CCC(C)(CN)CC1. The molecule has 1 rings (SSSR count). The van der Waals surface area contributed by atoms with Gasteiger partial charge in [0.2, 0.25) is 0 Å². The molecule has 3 nitrogen and oxygen atoms in total. The lowest BCUT2D eigenvalue weighted by Gasteiger charge is -2.41. The van der Waals surface area contributed by atoms with Crippen molar-refractivity contribution < 1.29 is 4.74 Å². The van der Waals surface area contributed by atoms with Crippen molar-refractivity contribution in [1.82, 2.24) is 4.90 Å². The van der Waals surface area contributed by atoms with E-state index in [0.29, 0.717) is 11.5 Å². The predicted octanol–water partition coefficient (Wildman–Crippen LogP) is 1.47. The second kappa shape index (κ2) is 5.83. The van der Waals surface area contributed by atoms with Gasteiger partial charge < -0.3 is 15.4 Å². The van der Waals surface area contributed by atoms with E-state index in [0.717, 1.165) is 19.6 Å². The third-order valence-electron chi connectivity index (χ3n) is 3.86. The van der Waals surface area contributed by atoms with Crippen LogP contribution in [0.3, 0.4) is 0 Å². The minimum atomic E-state index is 0.386. The van der Waals surface area contributed by atoms with Crippen LogP contribution in [0.1, 0.15) is 33.1 Å². The smallest absolute Gasteiger partial charge is 0.0477 e. The third-order valence-corrected chi connectivity index (χ3v) is 3.86. The molecule has 90 valence electrons. The summed E-state index contributed by atoms with van der Waals surface area (Å²) in [6, 6.07) is 0.646. The summed E-state index contributed by atoms with van der Waals surface area (Å²) in [5, 5.41) is 0. The van der Waals surface area contributed by atoms with Crippen LogP contribution in [0.4, 0.5) is 0 Å². The molecule has 0 aliphatic carbocycles. The largest absolute Gasteiger partial charge is 0.385 e. The molecular formula is C12H26N2O. The van der Waals surface area contributed by atoms with Gasteiger partial charge in [-0.05, 0) is 51.2 Å². The summed E-state index contributed by atoms with van der Waals surface area (Å²) < 4.78 is 5.12. The fourth-order valence-corrected chi connectivity index (χ4v) is 2.18. The summed E-state index contributed by atoms with van der Waals surface area (Å²) in [5.74, 6) is 0. The van der Waals surface area contributed by atoms with Crippen LogP contribution in [0.5, 0.6) is 0 Å². The Morgan fingerprint density at radius 3 is 2.47 bits per heavy atom. The molecule has 0 radical (unpaired) electrons. The first-order valence-corrected chi connectivity index (χ1v) is 6.04. The average molecular weight is 214 g/mol. The Hall–Kier alpha value is -0.120. The Morgan fingerprint density at radius 1 is 1.40 bits per heavy atom. The number of nitrogens with two attached hydrogens (primary N) is 1. The summed E-state index contributed by atoms with van der Waals surface area (Å²) in [7, 11) is 1.77. The highest BCUT2D eigenvalue weighted by molar-refractivity contribution is 4.84. The number of ether oxygens (including phenoxy) is 1. The monoisotopic (exact) mass is 214 g/mol. The molecule has 3 heteroatoms. The minimum absolute atomic E-state index is 0.386. The molecule has 0 aromatic heterocycles. The van der Waals surface area contributed by atoms with Crippen LogP contribution < -0.4 is 5.73 Å². The van der Waals surface area contributed by atoms with Gasteiger partial charge in [0.25, 0.3) is 0 Å². The lowest BCUT2D eigenvalue weighted by atomic mass is 9.80. The van der Waals surface area contributed by atoms with Gasteiger partial charge in [-0.25, -0.2) is 0 Å². The Kier molecular flexibility index (Phi) is 5.03. The van der Waals surface area contributed by atoms with Gasteiger partial charge >= 0.3 is 0 Å². The summed E-state index contributed by atoms with van der Waals surface area (Å²) in [4.78, 5) is 2.57. The van der Waals surface area contributed by atoms with Gasteiger partial charge in [-0.15, -0.1) is 0 Å². The number of nitrogens with zero attached hydrogens (tertiary/aromatic N) is 1. The molecule has 1 atom stereocenters. The van der Waals surface area contributed by atoms with Crippen molar-refractivity contribution in [3.63, 3.8) is 0 Å². The predicted molar refractivity (Wildman–Crippen MR) is 63.9 cm³/mol. The van der Waals surface area contributed by atoms with Crippen molar-refractivity contribution >= 4 is 0 Å². The molecule has 1 aliphatic rings. The van der Waals surface area contributed by atoms with Crippen LogP contribution in [-0.2, 0) is 4.74 Å². The summed E-state index contributed by atoms with van der Waals surface area (Å²) in [6.07, 6.45) is 3.61. The highest BCUT2D eigenvalue weighted by Crippen LogP contribution is 2.30. The molecule has 2 N–H and O–H groups in total. The molecule has 15 heavy (non-hydrogen) atoms. The Bertz CT molecular complexity index is 176.